The van der Waals surface area contributed by atoms with Crippen LogP contribution in [0.3, 0.4) is 0 Å². The summed E-state index contributed by atoms with van der Waals surface area (Å²) >= 11 is 0. The summed E-state index contributed by atoms with van der Waals surface area (Å²) in [4.78, 5) is 15.6. The quantitative estimate of drug-likeness (QED) is 0.524. The van der Waals surface area contributed by atoms with E-state index in [9.17, 15) is 18.0 Å². The van der Waals surface area contributed by atoms with Crippen LogP contribution in [0.4, 0.5) is 13.2 Å². The van der Waals surface area contributed by atoms with E-state index in [-0.39, 0.29) is 11.7 Å². The van der Waals surface area contributed by atoms with Gasteiger partial charge in [0.25, 0.3) is 5.91 Å². The summed E-state index contributed by atoms with van der Waals surface area (Å²) in [5.41, 5.74) is 2.86. The molecule has 0 aliphatic carbocycles. The van der Waals surface area contributed by atoms with Gasteiger partial charge in [-0.1, -0.05) is 23.4 Å². The average molecular weight is 414 g/mol. The number of hydrogen-bond donors (Lipinski definition) is 1. The summed E-state index contributed by atoms with van der Waals surface area (Å²) in [5.74, 6) is -1.64. The first-order valence-electron chi connectivity index (χ1n) is 9.17. The molecule has 0 spiro atoms. The fourth-order valence-corrected chi connectivity index (χ4v) is 3.24. The fraction of sp³-hybridized carbons (Fsp3) is 0.190. The zero-order valence-corrected chi connectivity index (χ0v) is 15.9. The second-order valence-electron chi connectivity index (χ2n) is 6.78. The van der Waals surface area contributed by atoms with Crippen molar-refractivity contribution in [3.63, 3.8) is 0 Å². The van der Waals surface area contributed by atoms with E-state index >= 15 is 0 Å². The van der Waals surface area contributed by atoms with E-state index in [2.05, 4.69) is 20.0 Å². The number of benzene rings is 2. The van der Waals surface area contributed by atoms with Gasteiger partial charge in [0.2, 0.25) is 5.82 Å². The van der Waals surface area contributed by atoms with Gasteiger partial charge in [-0.2, -0.15) is 18.2 Å². The molecule has 0 radical (unpaired) electrons. The van der Waals surface area contributed by atoms with Crippen molar-refractivity contribution < 1.29 is 22.5 Å². The Labute approximate surface area is 169 Å². The standard InChI is InChI=1S/C21H17F3N4O2/c1-13-12-28(10-9-25-19(29)14-5-3-2-4-6-14)17-8-7-15(11-16(13)17)18-26-20(30-27-18)21(22,23)24/h2-8,11-12H,9-10H2,1H3,(H,25,29). The molecule has 1 amide bonds. The first-order valence-corrected chi connectivity index (χ1v) is 9.17. The Balaban J connectivity index is 1.51. The number of carbonyl (C=O) groups excluding carboxylic acids is 1. The molecule has 0 fully saturated rings. The summed E-state index contributed by atoms with van der Waals surface area (Å²) in [6.07, 6.45) is -2.75. The second-order valence-corrected chi connectivity index (χ2v) is 6.78. The van der Waals surface area contributed by atoms with Gasteiger partial charge in [-0.3, -0.25) is 4.79 Å². The number of hydrogen-bond acceptors (Lipinski definition) is 4. The first-order chi connectivity index (χ1) is 14.3. The predicted octanol–water partition coefficient (Wildman–Crippen LogP) is 4.45. The predicted molar refractivity (Wildman–Crippen MR) is 104 cm³/mol. The van der Waals surface area contributed by atoms with Crippen LogP contribution in [-0.2, 0) is 12.7 Å². The third-order valence-electron chi connectivity index (χ3n) is 4.68. The number of rotatable bonds is 5. The maximum atomic E-state index is 12.7. The second kappa shape index (κ2) is 7.66. The van der Waals surface area contributed by atoms with Gasteiger partial charge in [0, 0.05) is 41.3 Å². The molecule has 2 aromatic carbocycles. The van der Waals surface area contributed by atoms with Crippen LogP contribution in [0.5, 0.6) is 0 Å². The Morgan fingerprint density at radius 3 is 2.63 bits per heavy atom. The summed E-state index contributed by atoms with van der Waals surface area (Å²) in [7, 11) is 0. The van der Waals surface area contributed by atoms with Crippen LogP contribution in [-0.4, -0.2) is 27.2 Å². The monoisotopic (exact) mass is 414 g/mol. The molecule has 0 saturated carbocycles. The van der Waals surface area contributed by atoms with Crippen molar-refractivity contribution in [3.8, 4) is 11.4 Å². The van der Waals surface area contributed by atoms with E-state index in [0.29, 0.717) is 24.2 Å². The molecule has 30 heavy (non-hydrogen) atoms. The third-order valence-corrected chi connectivity index (χ3v) is 4.68. The topological polar surface area (TPSA) is 73.0 Å². The maximum absolute atomic E-state index is 12.7. The van der Waals surface area contributed by atoms with Crippen molar-refractivity contribution in [1.82, 2.24) is 20.0 Å². The lowest BCUT2D eigenvalue weighted by molar-refractivity contribution is -0.159. The zero-order chi connectivity index (χ0) is 21.3. The van der Waals surface area contributed by atoms with Crippen LogP contribution in [0, 0.1) is 6.92 Å². The Bertz CT molecular complexity index is 1200. The molecule has 4 aromatic rings. The molecule has 6 nitrogen and oxygen atoms in total. The third kappa shape index (κ3) is 3.91. The number of nitrogens with one attached hydrogen (secondary N) is 1. The summed E-state index contributed by atoms with van der Waals surface area (Å²) < 4.78 is 44.4. The number of nitrogens with zero attached hydrogens (tertiary/aromatic N) is 3. The molecule has 0 aliphatic rings. The lowest BCUT2D eigenvalue weighted by atomic mass is 10.1. The molecule has 1 N–H and O–H groups in total. The van der Waals surface area contributed by atoms with Crippen LogP contribution >= 0.6 is 0 Å². The number of fused-ring (bicyclic) bond motifs is 1. The highest BCUT2D eigenvalue weighted by Crippen LogP contribution is 2.31. The lowest BCUT2D eigenvalue weighted by Gasteiger charge is -2.08. The number of aryl methyl sites for hydroxylation is 1. The summed E-state index contributed by atoms with van der Waals surface area (Å²) in [6, 6.07) is 14.1. The largest absolute Gasteiger partial charge is 0.471 e. The Morgan fingerprint density at radius 1 is 1.17 bits per heavy atom. The van der Waals surface area contributed by atoms with E-state index in [1.807, 2.05) is 23.8 Å². The maximum Gasteiger partial charge on any atom is 0.471 e. The van der Waals surface area contributed by atoms with Crippen LogP contribution in [0.25, 0.3) is 22.3 Å². The van der Waals surface area contributed by atoms with E-state index < -0.39 is 12.1 Å². The molecule has 0 unspecified atom stereocenters. The summed E-state index contributed by atoms with van der Waals surface area (Å²) in [5, 5.41) is 7.17. The number of aromatic nitrogens is 3. The number of halogens is 3. The van der Waals surface area contributed by atoms with Crippen molar-refractivity contribution >= 4 is 16.8 Å². The highest BCUT2D eigenvalue weighted by atomic mass is 19.4. The van der Waals surface area contributed by atoms with E-state index in [1.165, 1.54) is 0 Å². The smallest absolute Gasteiger partial charge is 0.350 e. The van der Waals surface area contributed by atoms with Crippen molar-refractivity contribution in [3.05, 3.63) is 71.7 Å². The molecule has 9 heteroatoms. The minimum atomic E-state index is -4.68. The molecule has 0 bridgehead atoms. The highest BCUT2D eigenvalue weighted by Gasteiger charge is 2.38. The van der Waals surface area contributed by atoms with Gasteiger partial charge >= 0.3 is 12.1 Å². The molecule has 2 aromatic heterocycles. The minimum Gasteiger partial charge on any atom is -0.350 e. The molecule has 0 aliphatic heterocycles. The highest BCUT2D eigenvalue weighted by molar-refractivity contribution is 5.94. The molecular weight excluding hydrogens is 397 g/mol. The molecule has 0 saturated heterocycles. The summed E-state index contributed by atoms with van der Waals surface area (Å²) in [6.45, 7) is 2.88. The van der Waals surface area contributed by atoms with Gasteiger partial charge in [-0.15, -0.1) is 0 Å². The average Bonchev–Trinajstić information content (AvgIpc) is 3.34. The van der Waals surface area contributed by atoms with Gasteiger partial charge in [0.15, 0.2) is 0 Å². The van der Waals surface area contributed by atoms with Crippen LogP contribution in [0.15, 0.2) is 59.3 Å². The molecule has 2 heterocycles. The fourth-order valence-electron chi connectivity index (χ4n) is 3.24. The van der Waals surface area contributed by atoms with Gasteiger partial charge < -0.3 is 14.4 Å². The van der Waals surface area contributed by atoms with Gasteiger partial charge in [0.1, 0.15) is 0 Å². The number of carbonyl (C=O) groups is 1. The lowest BCUT2D eigenvalue weighted by Crippen LogP contribution is -2.26. The van der Waals surface area contributed by atoms with Gasteiger partial charge in [-0.25, -0.2) is 0 Å². The number of amides is 1. The van der Waals surface area contributed by atoms with Crippen LogP contribution < -0.4 is 5.32 Å². The van der Waals surface area contributed by atoms with Gasteiger partial charge in [0.05, 0.1) is 0 Å². The number of alkyl halides is 3. The van der Waals surface area contributed by atoms with E-state index in [1.54, 1.807) is 42.5 Å². The molecule has 4 rings (SSSR count). The normalized spacial score (nSPS) is 11.7. The van der Waals surface area contributed by atoms with Crippen LogP contribution in [0.2, 0.25) is 0 Å². The van der Waals surface area contributed by atoms with Crippen molar-refractivity contribution in [2.45, 2.75) is 19.6 Å². The Hall–Kier alpha value is -3.62. The molecular formula is C21H17F3N4O2. The van der Waals surface area contributed by atoms with Crippen molar-refractivity contribution in [2.24, 2.45) is 0 Å². The van der Waals surface area contributed by atoms with Crippen LogP contribution in [0.1, 0.15) is 21.8 Å². The SMILES string of the molecule is Cc1cn(CCNC(=O)c2ccccc2)c2ccc(-c3noc(C(F)(F)F)n3)cc12. The Kier molecular flexibility index (Phi) is 5.03. The minimum absolute atomic E-state index is 0.119. The van der Waals surface area contributed by atoms with Crippen molar-refractivity contribution in [1.29, 1.82) is 0 Å². The molecule has 0 atom stereocenters. The molecule has 154 valence electrons. The Morgan fingerprint density at radius 2 is 1.93 bits per heavy atom. The van der Waals surface area contributed by atoms with Crippen molar-refractivity contribution in [2.75, 3.05) is 6.54 Å². The van der Waals surface area contributed by atoms with E-state index in [0.717, 1.165) is 16.5 Å². The first kappa shape index (κ1) is 19.7. The van der Waals surface area contributed by atoms with E-state index in [4.69, 9.17) is 0 Å². The zero-order valence-electron chi connectivity index (χ0n) is 15.9. The van der Waals surface area contributed by atoms with Gasteiger partial charge in [-0.05, 0) is 42.8 Å².